The summed E-state index contributed by atoms with van der Waals surface area (Å²) in [6.07, 6.45) is 4.45. The van der Waals surface area contributed by atoms with Gasteiger partial charge in [-0.15, -0.1) is 0 Å². The molecule has 2 heteroatoms. The van der Waals surface area contributed by atoms with Gasteiger partial charge in [-0.25, -0.2) is 0 Å². The van der Waals surface area contributed by atoms with Crippen LogP contribution < -0.4 is 5.32 Å². The van der Waals surface area contributed by atoms with Crippen LogP contribution in [0.5, 0.6) is 0 Å². The third-order valence-electron chi connectivity index (χ3n) is 3.21. The molecular formula is C11H23NO. The monoisotopic (exact) mass is 185 g/mol. The Morgan fingerprint density at radius 2 is 1.77 bits per heavy atom. The van der Waals surface area contributed by atoms with Crippen molar-refractivity contribution in [3.05, 3.63) is 0 Å². The minimum atomic E-state index is -0.116. The highest BCUT2D eigenvalue weighted by Gasteiger charge is 2.24. The van der Waals surface area contributed by atoms with E-state index in [0.717, 1.165) is 12.8 Å². The molecule has 0 spiro atoms. The highest BCUT2D eigenvalue weighted by Crippen LogP contribution is 2.19. The molecule has 13 heavy (non-hydrogen) atoms. The van der Waals surface area contributed by atoms with Crippen LogP contribution >= 0.6 is 0 Å². The van der Waals surface area contributed by atoms with Crippen molar-refractivity contribution in [1.29, 1.82) is 0 Å². The summed E-state index contributed by atoms with van der Waals surface area (Å²) in [5.74, 6) is 0.647. The summed E-state index contributed by atoms with van der Waals surface area (Å²) in [5.41, 5.74) is 0. The predicted octanol–water partition coefficient (Wildman–Crippen LogP) is 1.92. The molecule has 1 aliphatic rings. The molecule has 1 fully saturated rings. The first-order chi connectivity index (χ1) is 6.11. The summed E-state index contributed by atoms with van der Waals surface area (Å²) >= 11 is 0. The van der Waals surface area contributed by atoms with Gasteiger partial charge < -0.3 is 10.4 Å². The second kappa shape index (κ2) is 4.97. The Morgan fingerprint density at radius 1 is 1.15 bits per heavy atom. The van der Waals surface area contributed by atoms with Crippen LogP contribution in [0, 0.1) is 5.92 Å². The number of rotatable bonds is 3. The molecule has 0 aliphatic heterocycles. The molecule has 0 aromatic heterocycles. The smallest absolute Gasteiger partial charge is 0.0693 e. The van der Waals surface area contributed by atoms with Gasteiger partial charge in [0.1, 0.15) is 0 Å². The van der Waals surface area contributed by atoms with Gasteiger partial charge in [0, 0.05) is 12.1 Å². The van der Waals surface area contributed by atoms with Crippen molar-refractivity contribution in [3.8, 4) is 0 Å². The van der Waals surface area contributed by atoms with E-state index in [1.807, 2.05) is 0 Å². The summed E-state index contributed by atoms with van der Waals surface area (Å²) in [6, 6.07) is 0.851. The van der Waals surface area contributed by atoms with Crippen LogP contribution in [0.1, 0.15) is 46.5 Å². The van der Waals surface area contributed by atoms with Crippen molar-refractivity contribution in [2.24, 2.45) is 5.92 Å². The van der Waals surface area contributed by atoms with Gasteiger partial charge in [-0.1, -0.05) is 26.7 Å². The van der Waals surface area contributed by atoms with Gasteiger partial charge in [0.15, 0.2) is 0 Å². The third-order valence-corrected chi connectivity index (χ3v) is 3.21. The second-order valence-corrected chi connectivity index (χ2v) is 4.66. The highest BCUT2D eigenvalue weighted by atomic mass is 16.3. The second-order valence-electron chi connectivity index (χ2n) is 4.66. The van der Waals surface area contributed by atoms with Gasteiger partial charge in [0.25, 0.3) is 0 Å². The van der Waals surface area contributed by atoms with Gasteiger partial charge in [-0.2, -0.15) is 0 Å². The van der Waals surface area contributed by atoms with E-state index in [4.69, 9.17) is 0 Å². The van der Waals surface area contributed by atoms with E-state index in [1.165, 1.54) is 12.8 Å². The zero-order chi connectivity index (χ0) is 9.84. The summed E-state index contributed by atoms with van der Waals surface area (Å²) in [5, 5.41) is 13.3. The fraction of sp³-hybridized carbons (Fsp3) is 1.00. The Hall–Kier alpha value is -0.0800. The fourth-order valence-corrected chi connectivity index (χ4v) is 1.84. The SMILES string of the molecule is CC(C)[C@H](C)N[C@@H]1CCCC[C@@H]1O. The molecule has 0 bridgehead atoms. The van der Waals surface area contributed by atoms with E-state index in [-0.39, 0.29) is 6.10 Å². The lowest BCUT2D eigenvalue weighted by atomic mass is 9.91. The van der Waals surface area contributed by atoms with Crippen molar-refractivity contribution < 1.29 is 5.11 Å². The lowest BCUT2D eigenvalue weighted by Crippen LogP contribution is -2.47. The first kappa shape index (κ1) is 11.0. The van der Waals surface area contributed by atoms with E-state index >= 15 is 0 Å². The normalized spacial score (nSPS) is 32.1. The molecule has 0 aromatic carbocycles. The Bertz CT molecular complexity index is 147. The molecule has 0 radical (unpaired) electrons. The molecule has 0 aromatic rings. The average Bonchev–Trinajstić information content (AvgIpc) is 2.08. The molecule has 1 aliphatic carbocycles. The zero-order valence-electron chi connectivity index (χ0n) is 9.09. The molecule has 2 N–H and O–H groups in total. The maximum atomic E-state index is 9.74. The summed E-state index contributed by atoms with van der Waals surface area (Å²) in [7, 11) is 0. The lowest BCUT2D eigenvalue weighted by molar-refractivity contribution is 0.0826. The van der Waals surface area contributed by atoms with Crippen molar-refractivity contribution in [2.75, 3.05) is 0 Å². The maximum Gasteiger partial charge on any atom is 0.0693 e. The molecule has 1 rings (SSSR count). The Balaban J connectivity index is 2.33. The lowest BCUT2D eigenvalue weighted by Gasteiger charge is -2.32. The molecule has 0 unspecified atom stereocenters. The van der Waals surface area contributed by atoms with Crippen molar-refractivity contribution >= 4 is 0 Å². The number of aliphatic hydroxyl groups excluding tert-OH is 1. The van der Waals surface area contributed by atoms with E-state index in [2.05, 4.69) is 26.1 Å². The Labute approximate surface area is 81.7 Å². The van der Waals surface area contributed by atoms with Crippen LogP contribution in [0.3, 0.4) is 0 Å². The van der Waals surface area contributed by atoms with Gasteiger partial charge >= 0.3 is 0 Å². The summed E-state index contributed by atoms with van der Waals surface area (Å²) < 4.78 is 0. The number of nitrogens with one attached hydrogen (secondary N) is 1. The third kappa shape index (κ3) is 3.28. The Kier molecular flexibility index (Phi) is 4.20. The minimum absolute atomic E-state index is 0.116. The molecule has 0 heterocycles. The maximum absolute atomic E-state index is 9.74. The standard InChI is InChI=1S/C11H23NO/c1-8(2)9(3)12-10-6-4-5-7-11(10)13/h8-13H,4-7H2,1-3H3/t9-,10+,11-/m0/s1. The molecule has 3 atom stereocenters. The molecule has 1 saturated carbocycles. The van der Waals surface area contributed by atoms with Gasteiger partial charge in [-0.05, 0) is 25.7 Å². The van der Waals surface area contributed by atoms with Crippen LogP contribution in [-0.2, 0) is 0 Å². The van der Waals surface area contributed by atoms with Crippen LogP contribution in [0.15, 0.2) is 0 Å². The number of hydrogen-bond donors (Lipinski definition) is 2. The van der Waals surface area contributed by atoms with E-state index in [9.17, 15) is 5.11 Å². The minimum Gasteiger partial charge on any atom is -0.392 e. The topological polar surface area (TPSA) is 32.3 Å². The van der Waals surface area contributed by atoms with E-state index in [0.29, 0.717) is 18.0 Å². The quantitative estimate of drug-likeness (QED) is 0.704. The van der Waals surface area contributed by atoms with Crippen LogP contribution in [0.2, 0.25) is 0 Å². The van der Waals surface area contributed by atoms with E-state index < -0.39 is 0 Å². The number of aliphatic hydroxyl groups is 1. The predicted molar refractivity (Wildman–Crippen MR) is 55.7 cm³/mol. The molecule has 2 nitrogen and oxygen atoms in total. The van der Waals surface area contributed by atoms with Crippen molar-refractivity contribution in [3.63, 3.8) is 0 Å². The molecule has 0 amide bonds. The van der Waals surface area contributed by atoms with Crippen molar-refractivity contribution in [2.45, 2.75) is 64.6 Å². The fourth-order valence-electron chi connectivity index (χ4n) is 1.84. The van der Waals surface area contributed by atoms with Crippen LogP contribution in [-0.4, -0.2) is 23.3 Å². The molecule has 0 saturated heterocycles. The van der Waals surface area contributed by atoms with Crippen LogP contribution in [0.4, 0.5) is 0 Å². The Morgan fingerprint density at radius 3 is 2.31 bits per heavy atom. The number of hydrogen-bond acceptors (Lipinski definition) is 2. The molecular weight excluding hydrogens is 162 g/mol. The van der Waals surface area contributed by atoms with Gasteiger partial charge in [0.05, 0.1) is 6.10 Å². The van der Waals surface area contributed by atoms with Gasteiger partial charge in [-0.3, -0.25) is 0 Å². The van der Waals surface area contributed by atoms with Gasteiger partial charge in [0.2, 0.25) is 0 Å². The highest BCUT2D eigenvalue weighted by molar-refractivity contribution is 4.83. The summed E-state index contributed by atoms with van der Waals surface area (Å²) in [6.45, 7) is 6.63. The first-order valence-corrected chi connectivity index (χ1v) is 5.55. The van der Waals surface area contributed by atoms with E-state index in [1.54, 1.807) is 0 Å². The average molecular weight is 185 g/mol. The van der Waals surface area contributed by atoms with Crippen LogP contribution in [0.25, 0.3) is 0 Å². The first-order valence-electron chi connectivity index (χ1n) is 5.55. The molecule has 78 valence electrons. The van der Waals surface area contributed by atoms with Crippen molar-refractivity contribution in [1.82, 2.24) is 5.32 Å². The summed E-state index contributed by atoms with van der Waals surface area (Å²) in [4.78, 5) is 0. The largest absolute Gasteiger partial charge is 0.392 e. The zero-order valence-corrected chi connectivity index (χ0v) is 9.09.